The van der Waals surface area contributed by atoms with Gasteiger partial charge in [0.25, 0.3) is 18.1 Å². The van der Waals surface area contributed by atoms with Gasteiger partial charge in [0.05, 0.1) is 28.4 Å². The van der Waals surface area contributed by atoms with Gasteiger partial charge in [-0.1, -0.05) is 48.5 Å². The molecule has 0 aliphatic carbocycles. The molecule has 0 aliphatic heterocycles. The van der Waals surface area contributed by atoms with Crippen LogP contribution in [-0.4, -0.2) is 46.5 Å². The lowest BCUT2D eigenvalue weighted by atomic mass is 10.2. The fourth-order valence-corrected chi connectivity index (χ4v) is 9.87. The van der Waals surface area contributed by atoms with Crippen LogP contribution in [0.4, 0.5) is 0 Å². The number of benzene rings is 4. The van der Waals surface area contributed by atoms with Crippen LogP contribution < -0.4 is 39.7 Å². The van der Waals surface area contributed by atoms with Crippen LogP contribution in [0.2, 0.25) is 0 Å². The lowest BCUT2D eigenvalue weighted by Crippen LogP contribution is -2.56. The lowest BCUT2D eigenvalue weighted by Gasteiger charge is -2.25. The molecular formula is C32H36O5Si2. The Labute approximate surface area is 235 Å². The van der Waals surface area contributed by atoms with Gasteiger partial charge in [0.1, 0.15) is 23.0 Å². The topological polar surface area (TPSA) is 46.2 Å². The van der Waals surface area contributed by atoms with Gasteiger partial charge in [-0.15, -0.1) is 0 Å². The summed E-state index contributed by atoms with van der Waals surface area (Å²) < 4.78 is 30.2. The Kier molecular flexibility index (Phi) is 9.17. The average Bonchev–Trinajstić information content (AvgIpc) is 2.95. The number of hydrogen-bond acceptors (Lipinski definition) is 5. The molecule has 4 aromatic rings. The van der Waals surface area contributed by atoms with Crippen molar-refractivity contribution < 1.29 is 23.1 Å². The maximum absolute atomic E-state index is 7.33. The quantitative estimate of drug-likeness (QED) is 0.278. The number of ether oxygens (including phenoxy) is 4. The van der Waals surface area contributed by atoms with Crippen LogP contribution in [0, 0.1) is 27.7 Å². The smallest absolute Gasteiger partial charge is 0.272 e. The summed E-state index contributed by atoms with van der Waals surface area (Å²) in [6.45, 7) is 8.21. The molecule has 7 heteroatoms. The Hall–Kier alpha value is -3.53. The maximum Gasteiger partial charge on any atom is 0.272 e. The van der Waals surface area contributed by atoms with E-state index in [-0.39, 0.29) is 0 Å². The first kappa shape index (κ1) is 28.5. The summed E-state index contributed by atoms with van der Waals surface area (Å²) in [6, 6.07) is 25.5. The van der Waals surface area contributed by atoms with E-state index < -0.39 is 18.1 Å². The first-order chi connectivity index (χ1) is 18.8. The number of hydrogen-bond donors (Lipinski definition) is 0. The molecule has 0 heterocycles. The molecule has 0 atom stereocenters. The fraction of sp³-hybridized carbons (Fsp3) is 0.250. The van der Waals surface area contributed by atoms with Crippen LogP contribution in [0.15, 0.2) is 72.8 Å². The van der Waals surface area contributed by atoms with E-state index in [2.05, 4.69) is 100 Å². The van der Waals surface area contributed by atoms with Gasteiger partial charge in [-0.05, 0) is 95.0 Å². The molecule has 0 spiro atoms. The van der Waals surface area contributed by atoms with Crippen molar-refractivity contribution in [1.82, 2.24) is 0 Å². The highest BCUT2D eigenvalue weighted by Gasteiger charge is 2.30. The highest BCUT2D eigenvalue weighted by Crippen LogP contribution is 2.20. The van der Waals surface area contributed by atoms with Gasteiger partial charge < -0.3 is 23.1 Å². The molecule has 0 saturated heterocycles. The van der Waals surface area contributed by atoms with Crippen LogP contribution in [0.1, 0.15) is 22.3 Å². The van der Waals surface area contributed by atoms with E-state index in [0.29, 0.717) is 0 Å². The summed E-state index contributed by atoms with van der Waals surface area (Å²) in [6.07, 6.45) is 0. The van der Waals surface area contributed by atoms with E-state index >= 15 is 0 Å². The summed E-state index contributed by atoms with van der Waals surface area (Å²) in [5.74, 6) is 3.39. The standard InChI is InChI=1S/C32H36O5Si2/c1-21-9-13-25(17-29(21)33-5)38(26-14-10-22(2)30(18-26)34-6)37-39(27-15-11-23(3)31(19-27)35-7)28-16-12-24(4)32(20-28)36-8/h9-20H,1-8H3. The summed E-state index contributed by atoms with van der Waals surface area (Å²) >= 11 is 0. The minimum atomic E-state index is -1.74. The molecule has 0 aliphatic rings. The highest BCUT2D eigenvalue weighted by molar-refractivity contribution is 6.91. The predicted octanol–water partition coefficient (Wildman–Crippen LogP) is 3.88. The van der Waals surface area contributed by atoms with Crippen LogP contribution in [0.5, 0.6) is 23.0 Å². The van der Waals surface area contributed by atoms with Crippen molar-refractivity contribution in [2.75, 3.05) is 28.4 Å². The summed E-state index contributed by atoms with van der Waals surface area (Å²) in [4.78, 5) is 0. The van der Waals surface area contributed by atoms with Crippen LogP contribution in [0.3, 0.4) is 0 Å². The third kappa shape index (κ3) is 6.22. The SMILES string of the molecule is COc1cc([Si](O[Si](c2ccc(C)c(OC)c2)c2ccc(C)c(OC)c2)c2ccc(C)c(OC)c2)ccc1C. The molecule has 0 amide bonds. The monoisotopic (exact) mass is 556 g/mol. The molecule has 4 rings (SSSR count). The fourth-order valence-electron chi connectivity index (χ4n) is 4.52. The Morgan fingerprint density at radius 2 is 0.615 bits per heavy atom. The predicted molar refractivity (Wildman–Crippen MR) is 162 cm³/mol. The van der Waals surface area contributed by atoms with E-state index in [9.17, 15) is 0 Å². The average molecular weight is 557 g/mol. The molecule has 202 valence electrons. The Balaban J connectivity index is 1.92. The lowest BCUT2D eigenvalue weighted by molar-refractivity contribution is 0.412. The summed E-state index contributed by atoms with van der Waals surface area (Å²) in [7, 11) is 3.35. The molecular weight excluding hydrogens is 521 g/mol. The molecule has 4 aromatic carbocycles. The second-order valence-electron chi connectivity index (χ2n) is 9.50. The number of rotatable bonds is 10. The second-order valence-corrected chi connectivity index (χ2v) is 13.9. The molecule has 0 saturated carbocycles. The zero-order valence-electron chi connectivity index (χ0n) is 24.0. The van der Waals surface area contributed by atoms with Crippen molar-refractivity contribution >= 4 is 38.8 Å². The van der Waals surface area contributed by atoms with Crippen molar-refractivity contribution in [3.8, 4) is 23.0 Å². The molecule has 0 N–H and O–H groups in total. The minimum absolute atomic E-state index is 0.848. The summed E-state index contributed by atoms with van der Waals surface area (Å²) in [5.41, 5.74) is 4.34. The summed E-state index contributed by atoms with van der Waals surface area (Å²) in [5, 5.41) is 4.42. The molecule has 2 radical (unpaired) electrons. The van der Waals surface area contributed by atoms with E-state index in [0.717, 1.165) is 66.0 Å². The highest BCUT2D eigenvalue weighted by atomic mass is 28.4. The van der Waals surface area contributed by atoms with E-state index in [4.69, 9.17) is 23.1 Å². The normalized spacial score (nSPS) is 11.1. The molecule has 0 bridgehead atoms. The van der Waals surface area contributed by atoms with Gasteiger partial charge in [0.15, 0.2) is 0 Å². The van der Waals surface area contributed by atoms with Crippen LogP contribution in [-0.2, 0) is 4.12 Å². The van der Waals surface area contributed by atoms with E-state index in [1.165, 1.54) is 0 Å². The van der Waals surface area contributed by atoms with Gasteiger partial charge in [-0.2, -0.15) is 0 Å². The molecule has 0 unspecified atom stereocenters. The van der Waals surface area contributed by atoms with Gasteiger partial charge in [-0.25, -0.2) is 0 Å². The number of aryl methyl sites for hydroxylation is 4. The van der Waals surface area contributed by atoms with Crippen molar-refractivity contribution in [3.05, 3.63) is 95.1 Å². The first-order valence-electron chi connectivity index (χ1n) is 12.8. The van der Waals surface area contributed by atoms with Crippen molar-refractivity contribution in [2.45, 2.75) is 27.7 Å². The van der Waals surface area contributed by atoms with E-state index in [1.54, 1.807) is 28.4 Å². The first-order valence-corrected chi connectivity index (χ1v) is 15.6. The molecule has 0 fully saturated rings. The molecule has 0 aromatic heterocycles. The third-order valence-corrected chi connectivity index (χ3v) is 11.9. The zero-order chi connectivity index (χ0) is 28.1. The van der Waals surface area contributed by atoms with Crippen molar-refractivity contribution in [1.29, 1.82) is 0 Å². The Bertz CT molecular complexity index is 1240. The zero-order valence-corrected chi connectivity index (χ0v) is 26.0. The minimum Gasteiger partial charge on any atom is -0.496 e. The molecule has 39 heavy (non-hydrogen) atoms. The second kappa shape index (κ2) is 12.6. The van der Waals surface area contributed by atoms with E-state index in [1.807, 2.05) is 0 Å². The van der Waals surface area contributed by atoms with Crippen LogP contribution in [0.25, 0.3) is 0 Å². The Morgan fingerprint density at radius 3 is 0.821 bits per heavy atom. The third-order valence-electron chi connectivity index (χ3n) is 6.89. The van der Waals surface area contributed by atoms with Gasteiger partial charge >= 0.3 is 0 Å². The van der Waals surface area contributed by atoms with Crippen LogP contribution >= 0.6 is 0 Å². The van der Waals surface area contributed by atoms with Gasteiger partial charge in [0, 0.05) is 0 Å². The van der Waals surface area contributed by atoms with Gasteiger partial charge in [-0.3, -0.25) is 0 Å². The largest absolute Gasteiger partial charge is 0.496 e. The van der Waals surface area contributed by atoms with Crippen molar-refractivity contribution in [2.24, 2.45) is 0 Å². The van der Waals surface area contributed by atoms with Gasteiger partial charge in [0.2, 0.25) is 0 Å². The Morgan fingerprint density at radius 1 is 0.385 bits per heavy atom. The molecule has 5 nitrogen and oxygen atoms in total. The van der Waals surface area contributed by atoms with Crippen molar-refractivity contribution in [3.63, 3.8) is 0 Å². The maximum atomic E-state index is 7.33. The number of methoxy groups -OCH3 is 4.